The summed E-state index contributed by atoms with van der Waals surface area (Å²) in [5.41, 5.74) is 1.49. The Bertz CT molecular complexity index is 620. The van der Waals surface area contributed by atoms with Gasteiger partial charge < -0.3 is 4.90 Å². The van der Waals surface area contributed by atoms with Crippen LogP contribution in [0, 0.1) is 13.8 Å². The molecule has 1 amide bonds. The number of benzene rings is 1. The highest BCUT2D eigenvalue weighted by atomic mass is 32.2. The predicted molar refractivity (Wildman–Crippen MR) is 76.1 cm³/mol. The highest BCUT2D eigenvalue weighted by molar-refractivity contribution is 7.86. The zero-order valence-electron chi connectivity index (χ0n) is 12.2. The standard InChI is InChI=1S/C14H19NO5S/c1-11-6-7-13(12(2)10-11)21(17,18)20-19-14(16)15-8-4-3-5-9-15/h6-7,10H,3-5,8-9H2,1-2H3. The molecule has 2 rings (SSSR count). The van der Waals surface area contributed by atoms with Crippen LogP contribution in [-0.2, 0) is 19.3 Å². The van der Waals surface area contributed by atoms with Crippen molar-refractivity contribution in [2.75, 3.05) is 13.1 Å². The topological polar surface area (TPSA) is 72.9 Å². The SMILES string of the molecule is Cc1ccc(S(=O)(=O)OOC(=O)N2CCCCC2)c(C)c1. The van der Waals surface area contributed by atoms with Crippen molar-refractivity contribution in [2.45, 2.75) is 38.0 Å². The van der Waals surface area contributed by atoms with Gasteiger partial charge in [0.1, 0.15) is 4.90 Å². The summed E-state index contributed by atoms with van der Waals surface area (Å²) in [6, 6.07) is 4.83. The lowest BCUT2D eigenvalue weighted by Crippen LogP contribution is -2.36. The Hall–Kier alpha value is -1.60. The van der Waals surface area contributed by atoms with Crippen molar-refractivity contribution in [1.29, 1.82) is 0 Å². The monoisotopic (exact) mass is 313 g/mol. The summed E-state index contributed by atoms with van der Waals surface area (Å²) in [6.45, 7) is 4.65. The molecule has 0 spiro atoms. The van der Waals surface area contributed by atoms with Crippen molar-refractivity contribution in [3.63, 3.8) is 0 Å². The zero-order chi connectivity index (χ0) is 15.5. The Morgan fingerprint density at radius 1 is 1.14 bits per heavy atom. The maximum absolute atomic E-state index is 12.0. The lowest BCUT2D eigenvalue weighted by molar-refractivity contribution is -0.149. The number of piperidine rings is 1. The second kappa shape index (κ2) is 6.44. The smallest absolute Gasteiger partial charge is 0.306 e. The average molecular weight is 313 g/mol. The van der Waals surface area contributed by atoms with E-state index in [0.29, 0.717) is 18.7 Å². The van der Waals surface area contributed by atoms with Gasteiger partial charge in [0.25, 0.3) is 0 Å². The predicted octanol–water partition coefficient (Wildman–Crippen LogP) is 2.55. The third-order valence-corrected chi connectivity index (χ3v) is 4.65. The van der Waals surface area contributed by atoms with E-state index in [0.717, 1.165) is 24.8 Å². The molecule has 0 aliphatic carbocycles. The second-order valence-electron chi connectivity index (χ2n) is 5.19. The number of nitrogens with zero attached hydrogens (tertiary/aromatic N) is 1. The molecular formula is C14H19NO5S. The molecule has 0 unspecified atom stereocenters. The average Bonchev–Trinajstić information content (AvgIpc) is 2.45. The summed E-state index contributed by atoms with van der Waals surface area (Å²) < 4.78 is 28.5. The molecule has 21 heavy (non-hydrogen) atoms. The number of likely N-dealkylation sites (tertiary alicyclic amines) is 1. The first-order chi connectivity index (χ1) is 9.90. The van der Waals surface area contributed by atoms with E-state index in [-0.39, 0.29) is 4.90 Å². The fourth-order valence-electron chi connectivity index (χ4n) is 2.32. The first-order valence-electron chi connectivity index (χ1n) is 6.87. The van der Waals surface area contributed by atoms with Crippen LogP contribution in [0.2, 0.25) is 0 Å². The maximum atomic E-state index is 12.0. The van der Waals surface area contributed by atoms with Crippen molar-refractivity contribution in [1.82, 2.24) is 4.90 Å². The van der Waals surface area contributed by atoms with E-state index < -0.39 is 16.2 Å². The van der Waals surface area contributed by atoms with Gasteiger partial charge in [0.2, 0.25) is 0 Å². The van der Waals surface area contributed by atoms with Crippen molar-refractivity contribution in [3.05, 3.63) is 29.3 Å². The number of hydrogen-bond acceptors (Lipinski definition) is 5. The van der Waals surface area contributed by atoms with Crippen molar-refractivity contribution >= 4 is 16.2 Å². The highest BCUT2D eigenvalue weighted by Gasteiger charge is 2.24. The molecule has 0 aromatic heterocycles. The van der Waals surface area contributed by atoms with Crippen LogP contribution in [0.5, 0.6) is 0 Å². The molecule has 0 N–H and O–H groups in total. The van der Waals surface area contributed by atoms with Crippen LogP contribution in [0.4, 0.5) is 4.79 Å². The van der Waals surface area contributed by atoms with Crippen LogP contribution in [0.15, 0.2) is 23.1 Å². The summed E-state index contributed by atoms with van der Waals surface area (Å²) >= 11 is 0. The molecule has 7 heteroatoms. The summed E-state index contributed by atoms with van der Waals surface area (Å²) in [5, 5.41) is 0. The Morgan fingerprint density at radius 2 is 1.81 bits per heavy atom. The van der Waals surface area contributed by atoms with Crippen LogP contribution in [0.25, 0.3) is 0 Å². The third kappa shape index (κ3) is 3.95. The molecular weight excluding hydrogens is 294 g/mol. The van der Waals surface area contributed by atoms with Gasteiger partial charge in [-0.3, -0.25) is 4.89 Å². The van der Waals surface area contributed by atoms with Gasteiger partial charge in [0.05, 0.1) is 0 Å². The minimum absolute atomic E-state index is 0.000422. The number of hydrogen-bond donors (Lipinski definition) is 0. The number of carbonyl (C=O) groups excluding carboxylic acids is 1. The molecule has 6 nitrogen and oxygen atoms in total. The first kappa shape index (κ1) is 15.8. The number of amides is 1. The third-order valence-electron chi connectivity index (χ3n) is 3.41. The van der Waals surface area contributed by atoms with Crippen LogP contribution in [-0.4, -0.2) is 32.5 Å². The number of carbonyl (C=O) groups is 1. The van der Waals surface area contributed by atoms with Gasteiger partial charge in [-0.1, -0.05) is 17.7 Å². The van der Waals surface area contributed by atoms with E-state index in [1.54, 1.807) is 19.1 Å². The van der Waals surface area contributed by atoms with E-state index in [1.807, 2.05) is 6.92 Å². The van der Waals surface area contributed by atoms with Gasteiger partial charge >= 0.3 is 16.2 Å². The molecule has 1 saturated heterocycles. The quantitative estimate of drug-likeness (QED) is 0.633. The van der Waals surface area contributed by atoms with Crippen molar-refractivity contribution < 1.29 is 22.4 Å². The molecule has 116 valence electrons. The Balaban J connectivity index is 2.02. The second-order valence-corrected chi connectivity index (χ2v) is 6.67. The molecule has 0 radical (unpaired) electrons. The first-order valence-corrected chi connectivity index (χ1v) is 8.28. The van der Waals surface area contributed by atoms with Crippen LogP contribution < -0.4 is 0 Å². The van der Waals surface area contributed by atoms with E-state index >= 15 is 0 Å². The minimum Gasteiger partial charge on any atom is -0.306 e. The van der Waals surface area contributed by atoms with Crippen LogP contribution in [0.1, 0.15) is 30.4 Å². The fraction of sp³-hybridized carbons (Fsp3) is 0.500. The summed E-state index contributed by atoms with van der Waals surface area (Å²) in [6.07, 6.45) is 2.08. The Labute approximate surface area is 124 Å². The molecule has 1 aromatic carbocycles. The number of rotatable bonds is 3. The minimum atomic E-state index is -4.11. The van der Waals surface area contributed by atoms with Gasteiger partial charge in [-0.2, -0.15) is 8.42 Å². The van der Waals surface area contributed by atoms with Crippen molar-refractivity contribution in [2.24, 2.45) is 0 Å². The van der Waals surface area contributed by atoms with Crippen molar-refractivity contribution in [3.8, 4) is 0 Å². The highest BCUT2D eigenvalue weighted by Crippen LogP contribution is 2.19. The van der Waals surface area contributed by atoms with Gasteiger partial charge in [0, 0.05) is 13.1 Å². The van der Waals surface area contributed by atoms with Gasteiger partial charge in [-0.15, -0.1) is 0 Å². The lowest BCUT2D eigenvalue weighted by Gasteiger charge is -2.24. The summed E-state index contributed by atoms with van der Waals surface area (Å²) in [7, 11) is -4.11. The Morgan fingerprint density at radius 3 is 2.43 bits per heavy atom. The molecule has 0 atom stereocenters. The molecule has 0 bridgehead atoms. The van der Waals surface area contributed by atoms with E-state index in [9.17, 15) is 13.2 Å². The zero-order valence-corrected chi connectivity index (χ0v) is 13.0. The maximum Gasteiger partial charge on any atom is 0.442 e. The van der Waals surface area contributed by atoms with E-state index in [4.69, 9.17) is 0 Å². The van der Waals surface area contributed by atoms with E-state index in [1.165, 1.54) is 11.0 Å². The molecule has 1 heterocycles. The summed E-state index contributed by atoms with van der Waals surface area (Å²) in [4.78, 5) is 17.7. The van der Waals surface area contributed by atoms with Gasteiger partial charge in [0.15, 0.2) is 0 Å². The number of aryl methyl sites for hydroxylation is 2. The van der Waals surface area contributed by atoms with Gasteiger partial charge in [-0.25, -0.2) is 4.79 Å². The normalized spacial score (nSPS) is 15.8. The molecule has 1 fully saturated rings. The molecule has 0 saturated carbocycles. The van der Waals surface area contributed by atoms with Gasteiger partial charge in [-0.05, 0) is 49.1 Å². The molecule has 1 aromatic rings. The fourth-order valence-corrected chi connectivity index (χ4v) is 3.23. The van der Waals surface area contributed by atoms with E-state index in [2.05, 4.69) is 9.22 Å². The van der Waals surface area contributed by atoms with Crippen LogP contribution >= 0.6 is 0 Å². The molecule has 1 aliphatic rings. The Kier molecular flexibility index (Phi) is 4.84. The van der Waals surface area contributed by atoms with Crippen LogP contribution in [0.3, 0.4) is 0 Å². The molecule has 1 aliphatic heterocycles. The summed E-state index contributed by atoms with van der Waals surface area (Å²) in [5.74, 6) is 0. The lowest BCUT2D eigenvalue weighted by atomic mass is 10.1. The largest absolute Gasteiger partial charge is 0.442 e.